The number of aliphatic hydroxyl groups is 1. The molecular weight excluding hydrogens is 432 g/mol. The number of ether oxygens (including phenoxy) is 1. The molecule has 7 heteroatoms. The predicted octanol–water partition coefficient (Wildman–Crippen LogP) is 5.01. The number of aryl methyl sites for hydroxylation is 2. The van der Waals surface area contributed by atoms with Gasteiger partial charge in [-0.25, -0.2) is 0 Å². The summed E-state index contributed by atoms with van der Waals surface area (Å²) >= 11 is 0. The van der Waals surface area contributed by atoms with Gasteiger partial charge in [-0.2, -0.15) is 0 Å². The van der Waals surface area contributed by atoms with Gasteiger partial charge in [-0.15, -0.1) is 0 Å². The number of rotatable bonds is 5. The summed E-state index contributed by atoms with van der Waals surface area (Å²) in [7, 11) is 1.56. The first kappa shape index (κ1) is 21.6. The van der Waals surface area contributed by atoms with E-state index in [0.29, 0.717) is 17.1 Å². The summed E-state index contributed by atoms with van der Waals surface area (Å²) < 4.78 is 10.8. The number of aromatic nitrogens is 1. The van der Waals surface area contributed by atoms with Crippen molar-refractivity contribution >= 4 is 28.4 Å². The Morgan fingerprint density at radius 3 is 2.62 bits per heavy atom. The largest absolute Gasteiger partial charge is 0.507 e. The molecule has 3 heterocycles. The number of aliphatic hydroxyl groups excluding tert-OH is 1. The van der Waals surface area contributed by atoms with Crippen molar-refractivity contribution in [1.29, 1.82) is 0 Å². The van der Waals surface area contributed by atoms with Crippen LogP contribution in [0.4, 0.5) is 0 Å². The summed E-state index contributed by atoms with van der Waals surface area (Å²) in [6.45, 7) is 3.82. The van der Waals surface area contributed by atoms with Crippen LogP contribution >= 0.6 is 0 Å². The van der Waals surface area contributed by atoms with E-state index < -0.39 is 17.7 Å². The fourth-order valence-electron chi connectivity index (χ4n) is 4.74. The molecule has 1 amide bonds. The van der Waals surface area contributed by atoms with Crippen LogP contribution in [0, 0.1) is 13.8 Å². The molecule has 0 bridgehead atoms. The van der Waals surface area contributed by atoms with Gasteiger partial charge in [-0.3, -0.25) is 9.59 Å². The van der Waals surface area contributed by atoms with Gasteiger partial charge in [0.15, 0.2) is 0 Å². The highest BCUT2D eigenvalue weighted by Crippen LogP contribution is 2.44. The van der Waals surface area contributed by atoms with Crippen LogP contribution in [0.5, 0.6) is 5.75 Å². The van der Waals surface area contributed by atoms with E-state index in [1.165, 1.54) is 11.2 Å². The minimum atomic E-state index is -0.789. The van der Waals surface area contributed by atoms with Crippen molar-refractivity contribution in [3.05, 3.63) is 94.6 Å². The quantitative estimate of drug-likeness (QED) is 0.250. The van der Waals surface area contributed by atoms with E-state index in [0.717, 1.165) is 27.7 Å². The maximum Gasteiger partial charge on any atom is 0.296 e. The Balaban J connectivity index is 1.75. The number of Topliss-reactive ketones (excluding diaryl/α,β-unsaturated/α-hetero) is 1. The number of carbonyl (C=O) groups is 2. The lowest BCUT2D eigenvalue weighted by atomic mass is 9.92. The second-order valence-electron chi connectivity index (χ2n) is 8.40. The minimum absolute atomic E-state index is 0.0534. The summed E-state index contributed by atoms with van der Waals surface area (Å²) in [5, 5.41) is 12.3. The zero-order valence-electron chi connectivity index (χ0n) is 19.1. The number of carbonyl (C=O) groups excluding carboxylic acids is 2. The number of benzene rings is 2. The van der Waals surface area contributed by atoms with E-state index in [1.807, 2.05) is 38.1 Å². The third-order valence-electron chi connectivity index (χ3n) is 6.35. The van der Waals surface area contributed by atoms with Gasteiger partial charge in [0.1, 0.15) is 17.3 Å². The van der Waals surface area contributed by atoms with E-state index in [4.69, 9.17) is 9.15 Å². The number of amides is 1. The number of furan rings is 1. The fraction of sp³-hybridized carbons (Fsp3) is 0.185. The van der Waals surface area contributed by atoms with Crippen LogP contribution in [0.1, 0.15) is 34.2 Å². The summed E-state index contributed by atoms with van der Waals surface area (Å²) in [4.78, 5) is 31.5. The topological polar surface area (TPSA) is 95.8 Å². The van der Waals surface area contributed by atoms with Gasteiger partial charge < -0.3 is 24.1 Å². The van der Waals surface area contributed by atoms with E-state index in [2.05, 4.69) is 4.98 Å². The lowest BCUT2D eigenvalue weighted by Crippen LogP contribution is -2.29. The van der Waals surface area contributed by atoms with Crippen molar-refractivity contribution in [2.24, 2.45) is 0 Å². The van der Waals surface area contributed by atoms with Gasteiger partial charge in [-0.1, -0.05) is 18.2 Å². The van der Waals surface area contributed by atoms with Gasteiger partial charge >= 0.3 is 0 Å². The summed E-state index contributed by atoms with van der Waals surface area (Å²) in [6.07, 6.45) is 1.53. The summed E-state index contributed by atoms with van der Waals surface area (Å²) in [6, 6.07) is 15.6. The van der Waals surface area contributed by atoms with Crippen molar-refractivity contribution in [2.75, 3.05) is 7.11 Å². The highest BCUT2D eigenvalue weighted by molar-refractivity contribution is 6.46. The molecule has 2 N–H and O–H groups in total. The number of nitrogens with one attached hydrogen (secondary N) is 1. The van der Waals surface area contributed by atoms with E-state index in [9.17, 15) is 14.7 Å². The van der Waals surface area contributed by atoms with Crippen LogP contribution in [-0.4, -0.2) is 33.8 Å². The number of hydrogen-bond acceptors (Lipinski definition) is 5. The Bertz CT molecular complexity index is 1450. The van der Waals surface area contributed by atoms with Gasteiger partial charge in [0.05, 0.1) is 31.5 Å². The van der Waals surface area contributed by atoms with Gasteiger partial charge in [0, 0.05) is 27.7 Å². The number of hydrogen-bond donors (Lipinski definition) is 2. The van der Waals surface area contributed by atoms with Crippen molar-refractivity contribution in [3.8, 4) is 5.75 Å². The molecule has 34 heavy (non-hydrogen) atoms. The van der Waals surface area contributed by atoms with Crippen LogP contribution in [0.2, 0.25) is 0 Å². The van der Waals surface area contributed by atoms with Gasteiger partial charge in [-0.05, 0) is 55.8 Å². The van der Waals surface area contributed by atoms with Crippen LogP contribution in [0.25, 0.3) is 16.7 Å². The molecular formula is C27H24N2O5. The SMILES string of the molecule is COc1ccc(/C(O)=C2\C(=O)C(=O)N(Cc3ccco3)C2c2c(C)[nH]c3ccccc23)c(C)c1. The van der Waals surface area contributed by atoms with Crippen LogP contribution < -0.4 is 4.74 Å². The van der Waals surface area contributed by atoms with Crippen LogP contribution in [0.15, 0.2) is 70.9 Å². The molecule has 172 valence electrons. The molecule has 2 aromatic carbocycles. The summed E-state index contributed by atoms with van der Waals surface area (Å²) in [5.41, 5.74) is 3.73. The highest BCUT2D eigenvalue weighted by Gasteiger charge is 2.47. The average molecular weight is 456 g/mol. The molecule has 0 saturated carbocycles. The molecule has 1 aliphatic heterocycles. The van der Waals surface area contributed by atoms with Crippen molar-refractivity contribution in [3.63, 3.8) is 0 Å². The number of H-pyrrole nitrogens is 1. The third kappa shape index (κ3) is 3.37. The minimum Gasteiger partial charge on any atom is -0.507 e. The van der Waals surface area contributed by atoms with E-state index in [1.54, 1.807) is 37.4 Å². The number of ketones is 1. The molecule has 0 radical (unpaired) electrons. The fourth-order valence-corrected chi connectivity index (χ4v) is 4.74. The summed E-state index contributed by atoms with van der Waals surface area (Å²) in [5.74, 6) is -0.441. The zero-order chi connectivity index (χ0) is 24.0. The van der Waals surface area contributed by atoms with Crippen molar-refractivity contribution < 1.29 is 23.8 Å². The number of fused-ring (bicyclic) bond motifs is 1. The number of aromatic amines is 1. The number of para-hydroxylation sites is 1. The number of nitrogens with zero attached hydrogens (tertiary/aromatic N) is 1. The Kier molecular flexibility index (Phi) is 5.24. The number of likely N-dealkylation sites (tertiary alicyclic amines) is 1. The first-order valence-corrected chi connectivity index (χ1v) is 10.9. The molecule has 4 aromatic rings. The molecule has 1 fully saturated rings. The molecule has 1 atom stereocenters. The maximum absolute atomic E-state index is 13.4. The number of methoxy groups -OCH3 is 1. The standard InChI is InChI=1S/C27H24N2O5/c1-15-13-17(33-3)10-11-19(15)25(30)23-24(22-16(2)28-21-9-5-4-8-20(21)22)29(27(32)26(23)31)14-18-7-6-12-34-18/h4-13,24,28,30H,14H2,1-3H3/b25-23+. The average Bonchev–Trinajstić information content (AvgIpc) is 3.52. The Hall–Kier alpha value is -4.26. The van der Waals surface area contributed by atoms with E-state index >= 15 is 0 Å². The molecule has 0 spiro atoms. The first-order valence-electron chi connectivity index (χ1n) is 10.9. The zero-order valence-corrected chi connectivity index (χ0v) is 19.1. The molecule has 0 aliphatic carbocycles. The maximum atomic E-state index is 13.4. The van der Waals surface area contributed by atoms with E-state index in [-0.39, 0.29) is 17.9 Å². The highest BCUT2D eigenvalue weighted by atomic mass is 16.5. The third-order valence-corrected chi connectivity index (χ3v) is 6.35. The lowest BCUT2D eigenvalue weighted by molar-refractivity contribution is -0.140. The van der Waals surface area contributed by atoms with Crippen LogP contribution in [0.3, 0.4) is 0 Å². The molecule has 1 aliphatic rings. The molecule has 1 unspecified atom stereocenters. The first-order chi connectivity index (χ1) is 16.4. The van der Waals surface area contributed by atoms with Crippen molar-refractivity contribution in [2.45, 2.75) is 26.4 Å². The Morgan fingerprint density at radius 1 is 1.12 bits per heavy atom. The van der Waals surface area contributed by atoms with Gasteiger partial charge in [0.25, 0.3) is 11.7 Å². The second kappa shape index (κ2) is 8.26. The Labute approximate surface area is 196 Å². The molecule has 5 rings (SSSR count). The van der Waals surface area contributed by atoms with Crippen molar-refractivity contribution in [1.82, 2.24) is 9.88 Å². The molecule has 7 nitrogen and oxygen atoms in total. The normalized spacial score (nSPS) is 17.6. The lowest BCUT2D eigenvalue weighted by Gasteiger charge is -2.25. The second-order valence-corrected chi connectivity index (χ2v) is 8.40. The molecule has 1 saturated heterocycles. The van der Waals surface area contributed by atoms with Crippen LogP contribution in [-0.2, 0) is 16.1 Å². The Morgan fingerprint density at radius 2 is 1.91 bits per heavy atom. The molecule has 2 aromatic heterocycles. The monoisotopic (exact) mass is 456 g/mol. The predicted molar refractivity (Wildman–Crippen MR) is 127 cm³/mol. The van der Waals surface area contributed by atoms with Gasteiger partial charge in [0.2, 0.25) is 0 Å². The smallest absolute Gasteiger partial charge is 0.296 e.